The number of anilines is 1. The fourth-order valence-electron chi connectivity index (χ4n) is 1.76. The highest BCUT2D eigenvalue weighted by atomic mass is 35.5. The molecule has 1 atom stereocenters. The molecule has 0 fully saturated rings. The highest BCUT2D eigenvalue weighted by Gasteiger charge is 2.32. The number of aromatic nitrogens is 3. The summed E-state index contributed by atoms with van der Waals surface area (Å²) < 4.78 is 50.6. The zero-order valence-electron chi connectivity index (χ0n) is 11.4. The molecule has 0 radical (unpaired) electrons. The van der Waals surface area contributed by atoms with Gasteiger partial charge in [0.2, 0.25) is 0 Å². The highest BCUT2D eigenvalue weighted by Crippen LogP contribution is 2.33. The van der Waals surface area contributed by atoms with Crippen molar-refractivity contribution in [2.24, 2.45) is 5.73 Å². The molecule has 0 amide bonds. The van der Waals surface area contributed by atoms with Gasteiger partial charge in [0.15, 0.2) is 5.82 Å². The molecule has 0 aliphatic rings. The van der Waals surface area contributed by atoms with E-state index in [9.17, 15) is 17.4 Å². The van der Waals surface area contributed by atoms with E-state index in [1.54, 1.807) is 0 Å². The van der Waals surface area contributed by atoms with Crippen LogP contribution in [0.5, 0.6) is 0 Å². The van der Waals surface area contributed by atoms with Crippen molar-refractivity contribution in [1.29, 1.82) is 0 Å². The maximum Gasteiger partial charge on any atom is 0.417 e. The summed E-state index contributed by atoms with van der Waals surface area (Å²) in [6, 6.07) is 0.689. The van der Waals surface area contributed by atoms with Crippen molar-refractivity contribution >= 4 is 45.4 Å². The van der Waals surface area contributed by atoms with Crippen molar-refractivity contribution in [1.82, 2.24) is 14.8 Å². The van der Waals surface area contributed by atoms with Crippen LogP contribution in [-0.2, 0) is 17.0 Å². The molecule has 0 aromatic carbocycles. The maximum absolute atomic E-state index is 12.6. The summed E-state index contributed by atoms with van der Waals surface area (Å²) in [5, 5.41) is 3.62. The largest absolute Gasteiger partial charge is 0.417 e. The topological polar surface area (TPSA) is 99.8 Å². The van der Waals surface area contributed by atoms with Gasteiger partial charge in [-0.25, -0.2) is 4.98 Å². The van der Waals surface area contributed by atoms with Gasteiger partial charge in [0.25, 0.3) is 0 Å². The second-order valence-electron chi connectivity index (χ2n) is 4.32. The average Bonchev–Trinajstić information content (AvgIpc) is 2.75. The smallest absolute Gasteiger partial charge is 0.388 e. The van der Waals surface area contributed by atoms with E-state index in [0.29, 0.717) is 12.3 Å². The van der Waals surface area contributed by atoms with Crippen molar-refractivity contribution in [2.75, 3.05) is 12.0 Å². The second-order valence-corrected chi connectivity index (χ2v) is 6.48. The van der Waals surface area contributed by atoms with E-state index in [2.05, 4.69) is 10.1 Å². The van der Waals surface area contributed by atoms with Crippen LogP contribution in [-0.4, -0.2) is 30.2 Å². The minimum Gasteiger partial charge on any atom is -0.388 e. The van der Waals surface area contributed by atoms with E-state index in [1.165, 1.54) is 6.26 Å². The molecule has 0 aliphatic carbocycles. The summed E-state index contributed by atoms with van der Waals surface area (Å²) in [6.07, 6.45) is -2.67. The Bertz CT molecular complexity index is 821. The van der Waals surface area contributed by atoms with E-state index in [-0.39, 0.29) is 32.2 Å². The monoisotopic (exact) mass is 383 g/mol. The Morgan fingerprint density at radius 1 is 1.48 bits per heavy atom. The molecule has 124 valence electrons. The predicted molar refractivity (Wildman–Crippen MR) is 84.0 cm³/mol. The van der Waals surface area contributed by atoms with E-state index in [0.717, 1.165) is 4.68 Å². The third-order valence-corrected chi connectivity index (χ3v) is 4.20. The normalized spacial score (nSPS) is 13.1. The molecule has 4 N–H and O–H groups in total. The number of thiocarbonyl (C=S) groups is 1. The van der Waals surface area contributed by atoms with Crippen molar-refractivity contribution in [2.45, 2.75) is 11.1 Å². The maximum atomic E-state index is 12.6. The van der Waals surface area contributed by atoms with E-state index in [4.69, 9.17) is 35.3 Å². The van der Waals surface area contributed by atoms with E-state index < -0.39 is 22.5 Å². The number of halogens is 4. The Morgan fingerprint density at radius 3 is 2.48 bits per heavy atom. The van der Waals surface area contributed by atoms with Crippen LogP contribution >= 0.6 is 23.8 Å². The quantitative estimate of drug-likeness (QED) is 0.785. The Labute approximate surface area is 141 Å². The number of nitrogens with two attached hydrogens (primary N) is 2. The van der Waals surface area contributed by atoms with Gasteiger partial charge in [0.05, 0.1) is 21.4 Å². The van der Waals surface area contributed by atoms with Gasteiger partial charge < -0.3 is 11.5 Å². The number of rotatable bonds is 3. The van der Waals surface area contributed by atoms with E-state index in [1.807, 2.05) is 0 Å². The van der Waals surface area contributed by atoms with Gasteiger partial charge in [0.1, 0.15) is 21.4 Å². The molecule has 0 aliphatic heterocycles. The van der Waals surface area contributed by atoms with Gasteiger partial charge in [0, 0.05) is 12.5 Å². The first-order chi connectivity index (χ1) is 10.5. The van der Waals surface area contributed by atoms with Gasteiger partial charge in [-0.3, -0.25) is 4.21 Å². The van der Waals surface area contributed by atoms with Crippen molar-refractivity contribution in [3.63, 3.8) is 0 Å². The van der Waals surface area contributed by atoms with Gasteiger partial charge in [-0.15, -0.1) is 0 Å². The number of alkyl halides is 3. The van der Waals surface area contributed by atoms with Gasteiger partial charge in [-0.05, 0) is 6.07 Å². The summed E-state index contributed by atoms with van der Waals surface area (Å²) in [7, 11) is -1.58. The van der Waals surface area contributed by atoms with Crippen LogP contribution in [0.4, 0.5) is 19.0 Å². The van der Waals surface area contributed by atoms with Crippen LogP contribution in [0.1, 0.15) is 11.3 Å². The third kappa shape index (κ3) is 3.31. The second kappa shape index (κ2) is 6.06. The molecule has 2 rings (SSSR count). The molecule has 6 nitrogen and oxygen atoms in total. The SMILES string of the molecule is CS(=O)c1c(C(N)=S)nn(-c2ncc(C(F)(F)F)cc2Cl)c1N. The minimum atomic E-state index is -4.59. The third-order valence-electron chi connectivity index (χ3n) is 2.75. The standard InChI is InChI=1S/C11H9ClF3N5OS2/c1-23(21)7-6(9(17)22)19-20(8(7)16)10-5(12)2-4(3-18-10)11(13,14)15/h2-3H,16H2,1H3,(H2,17,22). The lowest BCUT2D eigenvalue weighted by atomic mass is 10.3. The summed E-state index contributed by atoms with van der Waals surface area (Å²) in [6.45, 7) is 0. The number of nitrogens with zero attached hydrogens (tertiary/aromatic N) is 3. The summed E-state index contributed by atoms with van der Waals surface area (Å²) in [5.41, 5.74) is 10.3. The molecule has 1 unspecified atom stereocenters. The summed E-state index contributed by atoms with van der Waals surface area (Å²) >= 11 is 10.6. The van der Waals surface area contributed by atoms with Crippen LogP contribution in [0, 0.1) is 0 Å². The molecule has 2 heterocycles. The first kappa shape index (κ1) is 17.6. The Balaban J connectivity index is 2.66. The van der Waals surface area contributed by atoms with Crippen LogP contribution in [0.3, 0.4) is 0 Å². The molecule has 0 bridgehead atoms. The van der Waals surface area contributed by atoms with Crippen molar-refractivity contribution < 1.29 is 17.4 Å². The minimum absolute atomic E-state index is 0.00361. The lowest BCUT2D eigenvalue weighted by Crippen LogP contribution is -2.13. The molecule has 2 aromatic heterocycles. The Morgan fingerprint density at radius 2 is 2.09 bits per heavy atom. The Kier molecular flexibility index (Phi) is 4.64. The van der Waals surface area contributed by atoms with E-state index >= 15 is 0 Å². The van der Waals surface area contributed by atoms with Crippen LogP contribution < -0.4 is 11.5 Å². The number of pyridine rings is 1. The molecule has 0 saturated heterocycles. The molecule has 2 aromatic rings. The number of hydrogen-bond acceptors (Lipinski definition) is 5. The Hall–Kier alpha value is -1.72. The summed E-state index contributed by atoms with van der Waals surface area (Å²) in [4.78, 5) is 3.54. The number of hydrogen-bond donors (Lipinski definition) is 2. The first-order valence-electron chi connectivity index (χ1n) is 5.79. The highest BCUT2D eigenvalue weighted by molar-refractivity contribution is 7.85. The lowest BCUT2D eigenvalue weighted by molar-refractivity contribution is -0.137. The number of nitrogen functional groups attached to an aromatic ring is 1. The van der Waals surface area contributed by atoms with Gasteiger partial charge in [-0.1, -0.05) is 23.8 Å². The fourth-order valence-corrected chi connectivity index (χ4v) is 3.02. The fraction of sp³-hybridized carbons (Fsp3) is 0.182. The van der Waals surface area contributed by atoms with Crippen LogP contribution in [0.2, 0.25) is 5.02 Å². The molecular weight excluding hydrogens is 375 g/mol. The van der Waals surface area contributed by atoms with Gasteiger partial charge >= 0.3 is 6.18 Å². The predicted octanol–water partition coefficient (Wildman–Crippen LogP) is 1.89. The van der Waals surface area contributed by atoms with Crippen LogP contribution in [0.15, 0.2) is 17.2 Å². The molecular formula is C11H9ClF3N5OS2. The molecule has 0 saturated carbocycles. The summed E-state index contributed by atoms with van der Waals surface area (Å²) in [5.74, 6) is -0.283. The van der Waals surface area contributed by atoms with Crippen LogP contribution in [0.25, 0.3) is 5.82 Å². The molecule has 23 heavy (non-hydrogen) atoms. The average molecular weight is 384 g/mol. The molecule has 0 spiro atoms. The van der Waals surface area contributed by atoms with Gasteiger partial charge in [-0.2, -0.15) is 23.0 Å². The first-order valence-corrected chi connectivity index (χ1v) is 8.13. The lowest BCUT2D eigenvalue weighted by Gasteiger charge is -2.10. The molecule has 12 heteroatoms. The zero-order chi connectivity index (χ0) is 17.5. The van der Waals surface area contributed by atoms with Crippen molar-refractivity contribution in [3.05, 3.63) is 28.5 Å². The zero-order valence-corrected chi connectivity index (χ0v) is 13.8. The van der Waals surface area contributed by atoms with Crippen molar-refractivity contribution in [3.8, 4) is 5.82 Å².